The summed E-state index contributed by atoms with van der Waals surface area (Å²) < 4.78 is 5.59. The van der Waals surface area contributed by atoms with Gasteiger partial charge in [0.2, 0.25) is 0 Å². The number of benzene rings is 1. The molecule has 1 amide bonds. The Hall–Kier alpha value is -2.08. The quantitative estimate of drug-likeness (QED) is 0.902. The molecule has 3 rings (SSSR count). The van der Waals surface area contributed by atoms with Gasteiger partial charge in [0.1, 0.15) is 6.61 Å². The van der Waals surface area contributed by atoms with Gasteiger partial charge in [0.05, 0.1) is 16.3 Å². The number of aromatic nitrogens is 1. The minimum atomic E-state index is -0.109. The van der Waals surface area contributed by atoms with Gasteiger partial charge in [-0.1, -0.05) is 6.07 Å². The number of carbonyl (C=O) groups is 1. The number of thiazole rings is 1. The van der Waals surface area contributed by atoms with Crippen molar-refractivity contribution in [2.75, 3.05) is 25.0 Å². The first-order valence-electron chi connectivity index (χ1n) is 6.51. The average Bonchev–Trinajstić information content (AvgIpc) is 3.00. The van der Waals surface area contributed by atoms with Gasteiger partial charge in [0, 0.05) is 31.1 Å². The van der Waals surface area contributed by atoms with E-state index in [0.29, 0.717) is 24.5 Å². The van der Waals surface area contributed by atoms with Gasteiger partial charge >= 0.3 is 0 Å². The van der Waals surface area contributed by atoms with Crippen molar-refractivity contribution in [1.82, 2.24) is 10.3 Å². The first-order valence-corrected chi connectivity index (χ1v) is 7.39. The lowest BCUT2D eigenvalue weighted by Gasteiger charge is -2.21. The minimum absolute atomic E-state index is 0.109. The van der Waals surface area contributed by atoms with Gasteiger partial charge in [-0.15, -0.1) is 11.3 Å². The van der Waals surface area contributed by atoms with Crippen molar-refractivity contribution in [2.24, 2.45) is 0 Å². The van der Waals surface area contributed by atoms with Crippen LogP contribution in [-0.2, 0) is 6.42 Å². The number of ether oxygens (including phenoxy) is 1. The normalized spacial score (nSPS) is 13.0. The Labute approximate surface area is 121 Å². The molecule has 2 aromatic rings. The molecule has 1 aromatic heterocycles. The van der Waals surface area contributed by atoms with Gasteiger partial charge in [-0.05, 0) is 12.1 Å². The molecule has 0 spiro atoms. The number of carbonyl (C=O) groups excluding carboxylic acids is 1. The van der Waals surface area contributed by atoms with Gasteiger partial charge in [-0.3, -0.25) is 4.79 Å². The van der Waals surface area contributed by atoms with Crippen LogP contribution < -0.4 is 15.4 Å². The molecule has 1 aliphatic heterocycles. The maximum absolute atomic E-state index is 12.2. The van der Waals surface area contributed by atoms with E-state index in [0.717, 1.165) is 23.7 Å². The van der Waals surface area contributed by atoms with Crippen LogP contribution in [0.15, 0.2) is 29.8 Å². The molecular weight excluding hydrogens is 274 g/mol. The van der Waals surface area contributed by atoms with E-state index in [-0.39, 0.29) is 5.91 Å². The van der Waals surface area contributed by atoms with E-state index in [1.165, 1.54) is 0 Å². The lowest BCUT2D eigenvalue weighted by molar-refractivity contribution is 0.0950. The van der Waals surface area contributed by atoms with Crippen molar-refractivity contribution >= 4 is 22.9 Å². The average molecular weight is 289 g/mol. The summed E-state index contributed by atoms with van der Waals surface area (Å²) in [4.78, 5) is 16.4. The van der Waals surface area contributed by atoms with Crippen molar-refractivity contribution in [3.63, 3.8) is 0 Å². The van der Waals surface area contributed by atoms with Crippen molar-refractivity contribution < 1.29 is 9.53 Å². The van der Waals surface area contributed by atoms with Crippen LogP contribution >= 0.6 is 11.3 Å². The molecule has 0 radical (unpaired) electrons. The molecule has 20 heavy (non-hydrogen) atoms. The van der Waals surface area contributed by atoms with E-state index in [1.54, 1.807) is 23.6 Å². The zero-order chi connectivity index (χ0) is 13.8. The highest BCUT2D eigenvalue weighted by molar-refractivity contribution is 7.09. The van der Waals surface area contributed by atoms with E-state index in [9.17, 15) is 4.79 Å². The maximum atomic E-state index is 12.2. The summed E-state index contributed by atoms with van der Waals surface area (Å²) in [5.74, 6) is 0.535. The number of amides is 1. The lowest BCUT2D eigenvalue weighted by Crippen LogP contribution is -2.28. The lowest BCUT2D eigenvalue weighted by atomic mass is 10.1. The van der Waals surface area contributed by atoms with Gasteiger partial charge in [0.15, 0.2) is 5.75 Å². The molecule has 0 atom stereocenters. The number of nitrogens with one attached hydrogen (secondary N) is 2. The molecule has 0 saturated heterocycles. The van der Waals surface area contributed by atoms with Crippen molar-refractivity contribution in [2.45, 2.75) is 6.42 Å². The van der Waals surface area contributed by atoms with Crippen molar-refractivity contribution in [3.05, 3.63) is 40.3 Å². The Bertz CT molecular complexity index is 598. The highest BCUT2D eigenvalue weighted by Gasteiger charge is 2.18. The summed E-state index contributed by atoms with van der Waals surface area (Å²) in [6, 6.07) is 5.56. The molecule has 104 valence electrons. The van der Waals surface area contributed by atoms with E-state index in [4.69, 9.17) is 4.74 Å². The maximum Gasteiger partial charge on any atom is 0.255 e. The Morgan fingerprint density at radius 3 is 3.30 bits per heavy atom. The summed E-state index contributed by atoms with van der Waals surface area (Å²) in [6.45, 7) is 1.92. The number of para-hydroxylation sites is 1. The monoisotopic (exact) mass is 289 g/mol. The third-order valence-electron chi connectivity index (χ3n) is 3.03. The predicted molar refractivity (Wildman–Crippen MR) is 78.6 cm³/mol. The van der Waals surface area contributed by atoms with Gasteiger partial charge < -0.3 is 15.4 Å². The Morgan fingerprint density at radius 2 is 2.45 bits per heavy atom. The summed E-state index contributed by atoms with van der Waals surface area (Å²) >= 11 is 1.60. The van der Waals surface area contributed by atoms with Crippen molar-refractivity contribution in [1.29, 1.82) is 0 Å². The van der Waals surface area contributed by atoms with Crippen LogP contribution in [0.3, 0.4) is 0 Å². The zero-order valence-electron chi connectivity index (χ0n) is 10.9. The second kappa shape index (κ2) is 5.92. The Morgan fingerprint density at radius 1 is 1.50 bits per heavy atom. The number of rotatable bonds is 4. The molecule has 0 unspecified atom stereocenters. The van der Waals surface area contributed by atoms with Crippen LogP contribution in [-0.4, -0.2) is 30.6 Å². The summed E-state index contributed by atoms with van der Waals surface area (Å²) in [6.07, 6.45) is 2.52. The molecule has 1 aromatic carbocycles. The van der Waals surface area contributed by atoms with Gasteiger partial charge in [-0.2, -0.15) is 0 Å². The van der Waals surface area contributed by atoms with Gasteiger partial charge in [-0.25, -0.2) is 4.98 Å². The van der Waals surface area contributed by atoms with Crippen LogP contribution in [0.1, 0.15) is 15.4 Å². The second-order valence-electron chi connectivity index (χ2n) is 4.39. The van der Waals surface area contributed by atoms with Crippen LogP contribution in [0.25, 0.3) is 0 Å². The van der Waals surface area contributed by atoms with Crippen LogP contribution in [0.2, 0.25) is 0 Å². The zero-order valence-corrected chi connectivity index (χ0v) is 11.7. The molecule has 2 heterocycles. The molecule has 2 N–H and O–H groups in total. The topological polar surface area (TPSA) is 63.2 Å². The third-order valence-corrected chi connectivity index (χ3v) is 3.87. The first-order chi connectivity index (χ1) is 9.84. The highest BCUT2D eigenvalue weighted by atomic mass is 32.1. The number of hydrogen-bond acceptors (Lipinski definition) is 5. The number of anilines is 1. The van der Waals surface area contributed by atoms with E-state index in [2.05, 4.69) is 15.6 Å². The number of fused-ring (bicyclic) bond motifs is 1. The van der Waals surface area contributed by atoms with E-state index in [1.807, 2.05) is 17.5 Å². The minimum Gasteiger partial charge on any atom is -0.489 e. The first kappa shape index (κ1) is 12.9. The molecule has 5 nitrogen and oxygen atoms in total. The summed E-state index contributed by atoms with van der Waals surface area (Å²) in [5, 5.41) is 9.09. The van der Waals surface area contributed by atoms with Crippen LogP contribution in [0.4, 0.5) is 5.69 Å². The fourth-order valence-corrected chi connectivity index (χ4v) is 2.72. The molecule has 6 heteroatoms. The predicted octanol–water partition coefficient (Wildman–Crippen LogP) is 1.92. The standard InChI is InChI=1S/C14H15N3O2S/c18-14(17-5-4-12-16-7-9-20-12)10-2-1-3-11-13(10)19-8-6-15-11/h1-3,7,9,15H,4-6,8H2,(H,17,18). The largest absolute Gasteiger partial charge is 0.489 e. The molecule has 0 fully saturated rings. The fourth-order valence-electron chi connectivity index (χ4n) is 2.10. The second-order valence-corrected chi connectivity index (χ2v) is 5.37. The Kier molecular flexibility index (Phi) is 3.83. The van der Waals surface area contributed by atoms with Crippen LogP contribution in [0.5, 0.6) is 5.75 Å². The highest BCUT2D eigenvalue weighted by Crippen LogP contribution is 2.30. The molecule has 0 aliphatic carbocycles. The third kappa shape index (κ3) is 2.75. The van der Waals surface area contributed by atoms with E-state index >= 15 is 0 Å². The molecular formula is C14H15N3O2S. The van der Waals surface area contributed by atoms with Crippen molar-refractivity contribution in [3.8, 4) is 5.75 Å². The molecule has 0 saturated carbocycles. The smallest absolute Gasteiger partial charge is 0.255 e. The van der Waals surface area contributed by atoms with Crippen LogP contribution in [0, 0.1) is 0 Å². The fraction of sp³-hybridized carbons (Fsp3) is 0.286. The molecule has 1 aliphatic rings. The Balaban J connectivity index is 1.65. The van der Waals surface area contributed by atoms with E-state index < -0.39 is 0 Å². The number of nitrogens with zero attached hydrogens (tertiary/aromatic N) is 1. The summed E-state index contributed by atoms with van der Waals surface area (Å²) in [7, 11) is 0. The summed E-state index contributed by atoms with van der Waals surface area (Å²) in [5.41, 5.74) is 1.46. The molecule has 0 bridgehead atoms. The SMILES string of the molecule is O=C(NCCc1nccs1)c1cccc2c1OCCN2. The van der Waals surface area contributed by atoms with Gasteiger partial charge in [0.25, 0.3) is 5.91 Å². The number of hydrogen-bond donors (Lipinski definition) is 2.